The average molecular weight is 482 g/mol. The standard InChI is InChI=1S/C25H23NO5S2/c1-31-15-11-9-14(10-12-15)18-19(22(24(28)29)32-23-21(18)33-25(30)26-23)20(27)17-8-4-6-13-5-2-3-7-16(13)17/h4,6,8-12,18-19,22H,2-3,5,7H2,1H3,(H,26,30)(H,28,29). The first-order valence-electron chi connectivity index (χ1n) is 10.9. The van der Waals surface area contributed by atoms with Crippen LogP contribution in [0.25, 0.3) is 0 Å². The van der Waals surface area contributed by atoms with E-state index in [9.17, 15) is 19.5 Å². The van der Waals surface area contributed by atoms with Crippen molar-refractivity contribution in [1.82, 2.24) is 4.98 Å². The van der Waals surface area contributed by atoms with E-state index < -0.39 is 23.1 Å². The number of thiazole rings is 1. The number of hydrogen-bond acceptors (Lipinski definition) is 6. The quantitative estimate of drug-likeness (QED) is 0.521. The van der Waals surface area contributed by atoms with Gasteiger partial charge in [0, 0.05) is 16.4 Å². The molecule has 0 radical (unpaired) electrons. The Hall–Kier alpha value is -2.84. The van der Waals surface area contributed by atoms with Gasteiger partial charge < -0.3 is 14.8 Å². The van der Waals surface area contributed by atoms with Gasteiger partial charge in [0.25, 0.3) is 0 Å². The van der Waals surface area contributed by atoms with Crippen molar-refractivity contribution < 1.29 is 19.4 Å². The number of Topliss-reactive ketones (excluding diaryl/α,β-unsaturated/α-hetero) is 1. The van der Waals surface area contributed by atoms with Crippen molar-refractivity contribution in [1.29, 1.82) is 0 Å². The maximum absolute atomic E-state index is 14.1. The van der Waals surface area contributed by atoms with Crippen LogP contribution in [0.5, 0.6) is 5.75 Å². The average Bonchev–Trinajstić information content (AvgIpc) is 3.22. The molecule has 0 amide bonds. The Balaban J connectivity index is 1.68. The number of thioether (sulfide) groups is 1. The van der Waals surface area contributed by atoms with Crippen molar-refractivity contribution in [3.05, 3.63) is 79.3 Å². The summed E-state index contributed by atoms with van der Waals surface area (Å²) in [4.78, 5) is 42.0. The predicted octanol–water partition coefficient (Wildman–Crippen LogP) is 4.51. The molecule has 3 unspecified atom stereocenters. The molecule has 170 valence electrons. The number of H-pyrrole nitrogens is 1. The number of aromatic nitrogens is 1. The summed E-state index contributed by atoms with van der Waals surface area (Å²) < 4.78 is 5.28. The molecule has 1 aliphatic heterocycles. The molecule has 2 N–H and O–H groups in total. The van der Waals surface area contributed by atoms with Gasteiger partial charge in [-0.05, 0) is 54.5 Å². The van der Waals surface area contributed by atoms with Crippen LogP contribution in [0.15, 0.2) is 52.3 Å². The molecule has 0 saturated carbocycles. The number of carbonyl (C=O) groups is 2. The molecule has 3 atom stereocenters. The largest absolute Gasteiger partial charge is 0.497 e. The second kappa shape index (κ2) is 8.83. The zero-order chi connectivity index (χ0) is 23.1. The minimum Gasteiger partial charge on any atom is -0.497 e. The van der Waals surface area contributed by atoms with E-state index in [4.69, 9.17) is 4.74 Å². The molecule has 0 saturated heterocycles. The molecular weight excluding hydrogens is 458 g/mol. The smallest absolute Gasteiger partial charge is 0.317 e. The van der Waals surface area contributed by atoms with Gasteiger partial charge in [-0.3, -0.25) is 14.4 Å². The Bertz CT molecular complexity index is 1280. The normalized spacial score (nSPS) is 21.7. The van der Waals surface area contributed by atoms with Crippen molar-refractivity contribution >= 4 is 34.9 Å². The number of ketones is 1. The van der Waals surface area contributed by atoms with E-state index in [1.54, 1.807) is 19.2 Å². The Labute approximate surface area is 199 Å². The number of hydrogen-bond donors (Lipinski definition) is 2. The van der Waals surface area contributed by atoms with Gasteiger partial charge in [0.2, 0.25) is 0 Å². The molecule has 8 heteroatoms. The molecule has 5 rings (SSSR count). The summed E-state index contributed by atoms with van der Waals surface area (Å²) in [6, 6.07) is 13.1. The zero-order valence-electron chi connectivity index (χ0n) is 18.0. The van der Waals surface area contributed by atoms with Crippen molar-refractivity contribution in [2.24, 2.45) is 5.92 Å². The lowest BCUT2D eigenvalue weighted by Crippen LogP contribution is -2.40. The highest BCUT2D eigenvalue weighted by Gasteiger charge is 2.48. The highest BCUT2D eigenvalue weighted by atomic mass is 32.2. The summed E-state index contributed by atoms with van der Waals surface area (Å²) in [5.74, 6) is -1.93. The van der Waals surface area contributed by atoms with Gasteiger partial charge in [-0.2, -0.15) is 0 Å². The monoisotopic (exact) mass is 481 g/mol. The molecule has 2 heterocycles. The number of fused-ring (bicyclic) bond motifs is 2. The summed E-state index contributed by atoms with van der Waals surface area (Å²) in [6.45, 7) is 0. The van der Waals surface area contributed by atoms with Gasteiger partial charge in [0.05, 0.1) is 18.1 Å². The van der Waals surface area contributed by atoms with Crippen LogP contribution in [-0.2, 0) is 17.6 Å². The minimum atomic E-state index is -1.06. The van der Waals surface area contributed by atoms with Gasteiger partial charge in [-0.1, -0.05) is 53.4 Å². The number of benzene rings is 2. The fraction of sp³-hybridized carbons (Fsp3) is 0.320. The Morgan fingerprint density at radius 2 is 1.85 bits per heavy atom. The molecule has 1 aromatic heterocycles. The van der Waals surface area contributed by atoms with E-state index in [1.807, 2.05) is 24.3 Å². The molecule has 2 aromatic carbocycles. The Morgan fingerprint density at radius 3 is 2.58 bits per heavy atom. The van der Waals surface area contributed by atoms with Crippen molar-refractivity contribution in [3.8, 4) is 5.75 Å². The lowest BCUT2D eigenvalue weighted by atomic mass is 9.75. The van der Waals surface area contributed by atoms with E-state index >= 15 is 0 Å². The van der Waals surface area contributed by atoms with Crippen LogP contribution < -0.4 is 9.61 Å². The molecule has 0 bridgehead atoms. The first kappa shape index (κ1) is 22.0. The number of rotatable bonds is 5. The van der Waals surface area contributed by atoms with Gasteiger partial charge in [0.15, 0.2) is 5.78 Å². The molecule has 33 heavy (non-hydrogen) atoms. The number of methoxy groups -OCH3 is 1. The predicted molar refractivity (Wildman–Crippen MR) is 128 cm³/mol. The van der Waals surface area contributed by atoms with Gasteiger partial charge in [-0.25, -0.2) is 0 Å². The topological polar surface area (TPSA) is 96.5 Å². The van der Waals surface area contributed by atoms with Crippen molar-refractivity contribution in [3.63, 3.8) is 0 Å². The number of aliphatic carboxylic acids is 1. The summed E-state index contributed by atoms with van der Waals surface area (Å²) in [6.07, 6.45) is 3.87. The van der Waals surface area contributed by atoms with Crippen LogP contribution in [0, 0.1) is 5.92 Å². The fourth-order valence-corrected chi connectivity index (χ4v) is 7.43. The maximum Gasteiger partial charge on any atom is 0.317 e. The molecule has 0 fully saturated rings. The lowest BCUT2D eigenvalue weighted by molar-refractivity contribution is -0.137. The van der Waals surface area contributed by atoms with E-state index in [-0.39, 0.29) is 10.7 Å². The number of aromatic amines is 1. The molecular formula is C25H23NO5S2. The maximum atomic E-state index is 14.1. The highest BCUT2D eigenvalue weighted by molar-refractivity contribution is 8.00. The van der Waals surface area contributed by atoms with E-state index in [1.165, 1.54) is 5.56 Å². The highest BCUT2D eigenvalue weighted by Crippen LogP contribution is 2.50. The number of aryl methyl sites for hydroxylation is 1. The molecule has 2 aliphatic rings. The van der Waals surface area contributed by atoms with E-state index in [0.717, 1.165) is 64.8 Å². The molecule has 0 spiro atoms. The fourth-order valence-electron chi connectivity index (χ4n) is 5.01. The summed E-state index contributed by atoms with van der Waals surface area (Å²) in [5.41, 5.74) is 3.63. The first-order valence-corrected chi connectivity index (χ1v) is 12.6. The number of carboxylic acid groups (broad SMARTS) is 1. The van der Waals surface area contributed by atoms with Crippen LogP contribution in [0.2, 0.25) is 0 Å². The molecule has 6 nitrogen and oxygen atoms in total. The second-order valence-electron chi connectivity index (χ2n) is 8.38. The third-order valence-corrected chi connectivity index (χ3v) is 8.94. The van der Waals surface area contributed by atoms with Gasteiger partial charge >= 0.3 is 10.8 Å². The molecule has 3 aromatic rings. The van der Waals surface area contributed by atoms with E-state index in [0.29, 0.717) is 16.3 Å². The van der Waals surface area contributed by atoms with Gasteiger partial charge in [-0.15, -0.1) is 0 Å². The molecule has 1 aliphatic carbocycles. The first-order chi connectivity index (χ1) is 16.0. The number of ether oxygens (including phenoxy) is 1. The Morgan fingerprint density at radius 1 is 1.09 bits per heavy atom. The van der Waals surface area contributed by atoms with Crippen LogP contribution in [0.4, 0.5) is 0 Å². The lowest BCUT2D eigenvalue weighted by Gasteiger charge is -2.35. The zero-order valence-corrected chi connectivity index (χ0v) is 19.6. The summed E-state index contributed by atoms with van der Waals surface area (Å²) in [5, 5.41) is 9.67. The van der Waals surface area contributed by atoms with Crippen LogP contribution >= 0.6 is 23.1 Å². The van der Waals surface area contributed by atoms with Crippen LogP contribution in [-0.4, -0.2) is 34.2 Å². The Kier molecular flexibility index (Phi) is 5.88. The number of nitrogens with one attached hydrogen (secondary N) is 1. The van der Waals surface area contributed by atoms with Crippen LogP contribution in [0.1, 0.15) is 50.7 Å². The second-order valence-corrected chi connectivity index (χ2v) is 10.5. The number of carboxylic acids is 1. The van der Waals surface area contributed by atoms with E-state index in [2.05, 4.69) is 11.1 Å². The summed E-state index contributed by atoms with van der Waals surface area (Å²) >= 11 is 2.12. The van der Waals surface area contributed by atoms with Gasteiger partial charge in [0.1, 0.15) is 11.0 Å². The SMILES string of the molecule is COc1ccc(C2c3sc(=O)[nH]c3SC(C(=O)O)C2C(=O)c2cccc3c2CCCC3)cc1. The van der Waals surface area contributed by atoms with Crippen molar-refractivity contribution in [2.75, 3.05) is 7.11 Å². The third kappa shape index (κ3) is 3.91. The number of carbonyl (C=O) groups excluding carboxylic acids is 1. The van der Waals surface area contributed by atoms with Crippen LogP contribution in [0.3, 0.4) is 0 Å². The minimum absolute atomic E-state index is 0.166. The third-order valence-electron chi connectivity index (χ3n) is 6.54. The summed E-state index contributed by atoms with van der Waals surface area (Å²) in [7, 11) is 1.58. The van der Waals surface area contributed by atoms with Crippen molar-refractivity contribution in [2.45, 2.75) is 41.9 Å².